The van der Waals surface area contributed by atoms with Crippen molar-refractivity contribution in [3.63, 3.8) is 0 Å². The minimum atomic E-state index is -0.518. The normalized spacial score (nSPS) is 16.1. The molecule has 1 saturated heterocycles. The van der Waals surface area contributed by atoms with Gasteiger partial charge in [0.15, 0.2) is 0 Å². The number of imide groups is 1. The molecule has 0 aromatic heterocycles. The molecule has 0 radical (unpaired) electrons. The highest BCUT2D eigenvalue weighted by atomic mass is 16.5. The summed E-state index contributed by atoms with van der Waals surface area (Å²) in [6, 6.07) is 6.94. The van der Waals surface area contributed by atoms with Crippen molar-refractivity contribution >= 4 is 29.7 Å². The van der Waals surface area contributed by atoms with E-state index in [1.165, 1.54) is 0 Å². The molecule has 0 bridgehead atoms. The second-order valence-corrected chi connectivity index (χ2v) is 7.17. The molecule has 0 spiro atoms. The van der Waals surface area contributed by atoms with Gasteiger partial charge in [-0.05, 0) is 36.1 Å². The summed E-state index contributed by atoms with van der Waals surface area (Å²) < 4.78 is 5.34. The van der Waals surface area contributed by atoms with E-state index in [0.717, 1.165) is 41.8 Å². The van der Waals surface area contributed by atoms with E-state index in [4.69, 9.17) is 4.74 Å². The lowest BCUT2D eigenvalue weighted by molar-refractivity contribution is -0.145. The first-order valence-corrected chi connectivity index (χ1v) is 10.3. The maximum absolute atomic E-state index is 12.5. The van der Waals surface area contributed by atoms with Gasteiger partial charge in [-0.15, -0.1) is 0 Å². The van der Waals surface area contributed by atoms with Crippen LogP contribution in [0.3, 0.4) is 0 Å². The Labute approximate surface area is 172 Å². The number of carbonyl (C=O) groups is 3. The summed E-state index contributed by atoms with van der Waals surface area (Å²) >= 11 is 0. The second-order valence-electron chi connectivity index (χ2n) is 7.17. The highest BCUT2D eigenvalue weighted by molar-refractivity contribution is 6.14. The fraction of sp³-hybridized carbons (Fsp3) is 0.500. The number of hydrogen-bond donors (Lipinski definition) is 2. The molecule has 1 aliphatic rings. The predicted octanol–water partition coefficient (Wildman–Crippen LogP) is 3.77. The van der Waals surface area contributed by atoms with Gasteiger partial charge in [-0.25, -0.2) is 4.79 Å². The Morgan fingerprint density at radius 1 is 1.24 bits per heavy atom. The maximum atomic E-state index is 12.5. The Morgan fingerprint density at radius 2 is 1.97 bits per heavy atom. The standard InChI is InChI=1S/C22H31N3O4/c1-4-6-7-16(5-2)15-29-20(26)12-13-25-21(27)19(24-22(25)28)14-17-8-10-18(23-3)11-9-17/h8-11,14,16,23H,4-7,12-13,15H2,1-3H3,(H,24,28). The number of nitrogens with one attached hydrogen (secondary N) is 2. The summed E-state index contributed by atoms with van der Waals surface area (Å²) in [6.07, 6.45) is 5.85. The molecule has 0 aliphatic carbocycles. The van der Waals surface area contributed by atoms with Crippen molar-refractivity contribution in [1.29, 1.82) is 0 Å². The zero-order valence-corrected chi connectivity index (χ0v) is 17.5. The molecule has 158 valence electrons. The van der Waals surface area contributed by atoms with E-state index < -0.39 is 11.9 Å². The average molecular weight is 402 g/mol. The fourth-order valence-corrected chi connectivity index (χ4v) is 3.07. The van der Waals surface area contributed by atoms with Crippen molar-refractivity contribution in [2.45, 2.75) is 46.0 Å². The van der Waals surface area contributed by atoms with Gasteiger partial charge in [0, 0.05) is 19.3 Å². The van der Waals surface area contributed by atoms with Gasteiger partial charge in [-0.3, -0.25) is 14.5 Å². The minimum Gasteiger partial charge on any atom is -0.465 e. The first-order valence-electron chi connectivity index (χ1n) is 10.3. The topological polar surface area (TPSA) is 87.7 Å². The third-order valence-corrected chi connectivity index (χ3v) is 5.04. The van der Waals surface area contributed by atoms with Crippen LogP contribution in [0.15, 0.2) is 30.0 Å². The molecule has 7 heteroatoms. The average Bonchev–Trinajstić information content (AvgIpc) is 2.99. The zero-order chi connectivity index (χ0) is 21.2. The molecule has 2 rings (SSSR count). The van der Waals surface area contributed by atoms with Crippen LogP contribution in [0.2, 0.25) is 0 Å². The van der Waals surface area contributed by atoms with Crippen molar-refractivity contribution in [1.82, 2.24) is 10.2 Å². The largest absolute Gasteiger partial charge is 0.465 e. The van der Waals surface area contributed by atoms with Crippen molar-refractivity contribution in [2.75, 3.05) is 25.5 Å². The number of carbonyl (C=O) groups excluding carboxylic acids is 3. The highest BCUT2D eigenvalue weighted by Crippen LogP contribution is 2.17. The van der Waals surface area contributed by atoms with Gasteiger partial charge in [0.05, 0.1) is 13.0 Å². The van der Waals surface area contributed by atoms with Crippen molar-refractivity contribution in [3.8, 4) is 0 Å². The minimum absolute atomic E-state index is 0.00524. The number of nitrogens with zero attached hydrogens (tertiary/aromatic N) is 1. The number of esters is 1. The Bertz CT molecular complexity index is 743. The van der Waals surface area contributed by atoms with Gasteiger partial charge in [0.2, 0.25) is 0 Å². The molecule has 1 aromatic rings. The van der Waals surface area contributed by atoms with E-state index in [1.54, 1.807) is 6.08 Å². The van der Waals surface area contributed by atoms with Crippen LogP contribution in [0.25, 0.3) is 6.08 Å². The highest BCUT2D eigenvalue weighted by Gasteiger charge is 2.33. The van der Waals surface area contributed by atoms with E-state index in [0.29, 0.717) is 12.5 Å². The van der Waals surface area contributed by atoms with Crippen LogP contribution in [-0.4, -0.2) is 43.0 Å². The van der Waals surface area contributed by atoms with E-state index in [1.807, 2.05) is 31.3 Å². The number of anilines is 1. The molecule has 1 aromatic carbocycles. The second kappa shape index (κ2) is 11.2. The molecule has 1 aliphatic heterocycles. The molecule has 3 amide bonds. The first-order chi connectivity index (χ1) is 14.0. The summed E-state index contributed by atoms with van der Waals surface area (Å²) in [7, 11) is 1.82. The van der Waals surface area contributed by atoms with Crippen LogP contribution >= 0.6 is 0 Å². The molecule has 7 nitrogen and oxygen atoms in total. The fourth-order valence-electron chi connectivity index (χ4n) is 3.07. The molecule has 1 atom stereocenters. The summed E-state index contributed by atoms with van der Waals surface area (Å²) in [4.78, 5) is 37.7. The van der Waals surface area contributed by atoms with Crippen molar-refractivity contribution in [3.05, 3.63) is 35.5 Å². The Balaban J connectivity index is 1.86. The Morgan fingerprint density at radius 3 is 2.59 bits per heavy atom. The van der Waals surface area contributed by atoms with Crippen LogP contribution in [0, 0.1) is 5.92 Å². The predicted molar refractivity (Wildman–Crippen MR) is 113 cm³/mol. The van der Waals surface area contributed by atoms with Crippen LogP contribution in [-0.2, 0) is 14.3 Å². The number of urea groups is 1. The van der Waals surface area contributed by atoms with Gasteiger partial charge >= 0.3 is 12.0 Å². The third-order valence-electron chi connectivity index (χ3n) is 5.04. The number of unbranched alkanes of at least 4 members (excludes halogenated alkanes) is 1. The Hall–Kier alpha value is -2.83. The van der Waals surface area contributed by atoms with Gasteiger partial charge in [-0.2, -0.15) is 0 Å². The quantitative estimate of drug-likeness (QED) is 0.335. The molecule has 1 fully saturated rings. The molecule has 1 heterocycles. The van der Waals surface area contributed by atoms with E-state index in [2.05, 4.69) is 24.5 Å². The lowest BCUT2D eigenvalue weighted by atomic mass is 10.0. The lowest BCUT2D eigenvalue weighted by Gasteiger charge is -2.15. The van der Waals surface area contributed by atoms with Crippen molar-refractivity contribution < 1.29 is 19.1 Å². The number of rotatable bonds is 11. The SMILES string of the molecule is CCCCC(CC)COC(=O)CCN1C(=O)NC(=Cc2ccc(NC)cc2)C1=O. The van der Waals surface area contributed by atoms with Gasteiger partial charge in [0.1, 0.15) is 5.70 Å². The van der Waals surface area contributed by atoms with Gasteiger partial charge < -0.3 is 15.4 Å². The molecule has 2 N–H and O–H groups in total. The van der Waals surface area contributed by atoms with Gasteiger partial charge in [0.25, 0.3) is 5.91 Å². The summed E-state index contributed by atoms with van der Waals surface area (Å²) in [5.74, 6) is -0.463. The third kappa shape index (κ3) is 6.62. The van der Waals surface area contributed by atoms with Crippen LogP contribution < -0.4 is 10.6 Å². The van der Waals surface area contributed by atoms with E-state index >= 15 is 0 Å². The lowest BCUT2D eigenvalue weighted by Crippen LogP contribution is -2.33. The maximum Gasteiger partial charge on any atom is 0.329 e. The van der Waals surface area contributed by atoms with Crippen LogP contribution in [0.1, 0.15) is 51.5 Å². The van der Waals surface area contributed by atoms with Crippen LogP contribution in [0.5, 0.6) is 0 Å². The summed E-state index contributed by atoms with van der Waals surface area (Å²) in [5.41, 5.74) is 1.95. The number of benzene rings is 1. The number of hydrogen-bond acceptors (Lipinski definition) is 5. The van der Waals surface area contributed by atoms with Gasteiger partial charge in [-0.1, -0.05) is 45.2 Å². The zero-order valence-electron chi connectivity index (χ0n) is 17.5. The molecule has 1 unspecified atom stereocenters. The molecule has 29 heavy (non-hydrogen) atoms. The smallest absolute Gasteiger partial charge is 0.329 e. The first kappa shape index (κ1) is 22.5. The molecule has 0 saturated carbocycles. The number of amides is 3. The Kier molecular flexibility index (Phi) is 8.70. The van der Waals surface area contributed by atoms with E-state index in [-0.39, 0.29) is 24.6 Å². The molecular formula is C22H31N3O4. The molecular weight excluding hydrogens is 370 g/mol. The monoisotopic (exact) mass is 401 g/mol. The summed E-state index contributed by atoms with van der Waals surface area (Å²) in [5, 5.41) is 5.59. The van der Waals surface area contributed by atoms with Crippen molar-refractivity contribution in [2.24, 2.45) is 5.92 Å². The summed E-state index contributed by atoms with van der Waals surface area (Å²) in [6.45, 7) is 4.62. The number of ether oxygens (including phenoxy) is 1. The van der Waals surface area contributed by atoms with E-state index in [9.17, 15) is 14.4 Å². The van der Waals surface area contributed by atoms with Crippen LogP contribution in [0.4, 0.5) is 10.5 Å².